The van der Waals surface area contributed by atoms with Crippen LogP contribution in [0.3, 0.4) is 0 Å². The van der Waals surface area contributed by atoms with Gasteiger partial charge >= 0.3 is 0 Å². The first kappa shape index (κ1) is 13.4. The quantitative estimate of drug-likeness (QED) is 0.816. The van der Waals surface area contributed by atoms with Crippen LogP contribution in [0.5, 0.6) is 0 Å². The first-order valence-electron chi connectivity index (χ1n) is 7.68. The number of rotatable bonds is 4. The molecule has 100 valence electrons. The van der Waals surface area contributed by atoms with Crippen LogP contribution in [0.1, 0.15) is 58.3 Å². The fourth-order valence-electron chi connectivity index (χ4n) is 4.06. The average Bonchev–Trinajstić information content (AvgIpc) is 2.86. The van der Waals surface area contributed by atoms with Crippen LogP contribution in [0.25, 0.3) is 0 Å². The molecule has 2 N–H and O–H groups in total. The second-order valence-electron chi connectivity index (χ2n) is 6.25. The minimum atomic E-state index is 0.759. The van der Waals surface area contributed by atoms with Crippen LogP contribution in [-0.2, 0) is 0 Å². The number of hydrogen-bond donors (Lipinski definition) is 1. The summed E-state index contributed by atoms with van der Waals surface area (Å²) in [7, 11) is 2.36. The number of nitrogens with two attached hydrogens (primary N) is 1. The van der Waals surface area contributed by atoms with E-state index in [4.69, 9.17) is 5.73 Å². The lowest BCUT2D eigenvalue weighted by molar-refractivity contribution is 0.0922. The van der Waals surface area contributed by atoms with Crippen molar-refractivity contribution in [1.29, 1.82) is 0 Å². The van der Waals surface area contributed by atoms with Gasteiger partial charge in [0, 0.05) is 12.1 Å². The van der Waals surface area contributed by atoms with Crippen LogP contribution in [0.2, 0.25) is 0 Å². The lowest BCUT2D eigenvalue weighted by Crippen LogP contribution is -2.47. The molecule has 4 unspecified atom stereocenters. The molecule has 0 saturated heterocycles. The Labute approximate surface area is 107 Å². The van der Waals surface area contributed by atoms with Crippen molar-refractivity contribution in [3.8, 4) is 0 Å². The molecule has 2 aliphatic carbocycles. The summed E-state index contributed by atoms with van der Waals surface area (Å²) in [6, 6.07) is 1.62. The Morgan fingerprint density at radius 3 is 2.53 bits per heavy atom. The topological polar surface area (TPSA) is 29.3 Å². The molecule has 0 bridgehead atoms. The van der Waals surface area contributed by atoms with Crippen molar-refractivity contribution in [2.45, 2.75) is 70.4 Å². The highest BCUT2D eigenvalue weighted by Gasteiger charge is 2.34. The molecule has 0 aromatic carbocycles. The van der Waals surface area contributed by atoms with E-state index in [1.54, 1.807) is 0 Å². The second-order valence-corrected chi connectivity index (χ2v) is 6.25. The molecule has 0 aromatic rings. The number of nitrogens with zero attached hydrogens (tertiary/aromatic N) is 1. The molecule has 0 spiro atoms. The zero-order valence-electron chi connectivity index (χ0n) is 11.7. The smallest absolute Gasteiger partial charge is 0.0135 e. The predicted molar refractivity (Wildman–Crippen MR) is 74.0 cm³/mol. The lowest BCUT2D eigenvalue weighted by atomic mass is 9.83. The molecule has 2 rings (SSSR count). The van der Waals surface area contributed by atoms with Gasteiger partial charge in [-0.1, -0.05) is 26.2 Å². The van der Waals surface area contributed by atoms with Crippen LogP contribution in [-0.4, -0.2) is 30.6 Å². The molecule has 0 heterocycles. The Kier molecular flexibility index (Phi) is 4.87. The monoisotopic (exact) mass is 238 g/mol. The molecular weight excluding hydrogens is 208 g/mol. The highest BCUT2D eigenvalue weighted by atomic mass is 15.2. The van der Waals surface area contributed by atoms with E-state index in [-0.39, 0.29) is 0 Å². The summed E-state index contributed by atoms with van der Waals surface area (Å²) in [5.41, 5.74) is 5.96. The van der Waals surface area contributed by atoms with Crippen molar-refractivity contribution in [3.05, 3.63) is 0 Å². The third-order valence-corrected chi connectivity index (χ3v) is 5.36. The Balaban J connectivity index is 1.91. The van der Waals surface area contributed by atoms with Crippen LogP contribution in [0.15, 0.2) is 0 Å². The summed E-state index contributed by atoms with van der Waals surface area (Å²) in [5.74, 6) is 1.75. The van der Waals surface area contributed by atoms with Crippen LogP contribution < -0.4 is 5.73 Å². The third-order valence-electron chi connectivity index (χ3n) is 5.36. The molecule has 2 saturated carbocycles. The van der Waals surface area contributed by atoms with Gasteiger partial charge in [-0.25, -0.2) is 0 Å². The highest BCUT2D eigenvalue weighted by Crippen LogP contribution is 2.35. The molecule has 2 nitrogen and oxygen atoms in total. The molecule has 0 radical (unpaired) electrons. The van der Waals surface area contributed by atoms with Crippen LogP contribution >= 0.6 is 0 Å². The zero-order valence-corrected chi connectivity index (χ0v) is 11.7. The fraction of sp³-hybridized carbons (Fsp3) is 1.00. The number of hydrogen-bond acceptors (Lipinski definition) is 2. The second kappa shape index (κ2) is 6.19. The van der Waals surface area contributed by atoms with Crippen LogP contribution in [0, 0.1) is 11.8 Å². The van der Waals surface area contributed by atoms with Gasteiger partial charge in [-0.3, -0.25) is 0 Å². The van der Waals surface area contributed by atoms with Crippen molar-refractivity contribution in [2.24, 2.45) is 17.6 Å². The Bertz CT molecular complexity index is 229. The van der Waals surface area contributed by atoms with E-state index in [9.17, 15) is 0 Å². The first-order valence-corrected chi connectivity index (χ1v) is 7.68. The molecular formula is C15H30N2. The maximum Gasteiger partial charge on any atom is 0.0135 e. The minimum Gasteiger partial charge on any atom is -0.330 e. The zero-order chi connectivity index (χ0) is 12.3. The summed E-state index contributed by atoms with van der Waals surface area (Å²) in [5, 5.41) is 0. The molecule has 2 aliphatic rings. The Morgan fingerprint density at radius 1 is 1.12 bits per heavy atom. The third kappa shape index (κ3) is 3.03. The van der Waals surface area contributed by atoms with Gasteiger partial charge in [-0.15, -0.1) is 0 Å². The van der Waals surface area contributed by atoms with E-state index in [0.717, 1.165) is 30.5 Å². The molecule has 17 heavy (non-hydrogen) atoms. The van der Waals surface area contributed by atoms with Gasteiger partial charge in [0.05, 0.1) is 0 Å². The van der Waals surface area contributed by atoms with Crippen molar-refractivity contribution in [3.63, 3.8) is 0 Å². The Morgan fingerprint density at radius 2 is 1.88 bits per heavy atom. The lowest BCUT2D eigenvalue weighted by Gasteiger charge is -2.40. The summed E-state index contributed by atoms with van der Waals surface area (Å²) >= 11 is 0. The molecule has 2 fully saturated rings. The van der Waals surface area contributed by atoms with E-state index < -0.39 is 0 Å². The maximum atomic E-state index is 5.96. The van der Waals surface area contributed by atoms with Crippen molar-refractivity contribution in [1.82, 2.24) is 4.90 Å². The van der Waals surface area contributed by atoms with E-state index >= 15 is 0 Å². The largest absolute Gasteiger partial charge is 0.330 e. The summed E-state index contributed by atoms with van der Waals surface area (Å²) < 4.78 is 0. The maximum absolute atomic E-state index is 5.96. The summed E-state index contributed by atoms with van der Waals surface area (Å²) in [6.45, 7) is 3.23. The van der Waals surface area contributed by atoms with Crippen molar-refractivity contribution in [2.75, 3.05) is 13.6 Å². The van der Waals surface area contributed by atoms with Gasteiger partial charge in [-0.05, 0) is 57.5 Å². The van der Waals surface area contributed by atoms with E-state index in [0.29, 0.717) is 0 Å². The molecule has 0 aromatic heterocycles. The van der Waals surface area contributed by atoms with Crippen LogP contribution in [0.4, 0.5) is 0 Å². The minimum absolute atomic E-state index is 0.759. The molecule has 0 aliphatic heterocycles. The molecule has 0 amide bonds. The highest BCUT2D eigenvalue weighted by molar-refractivity contribution is 4.89. The van der Waals surface area contributed by atoms with Gasteiger partial charge in [0.25, 0.3) is 0 Å². The predicted octanol–water partition coefficient (Wildman–Crippen LogP) is 3.01. The van der Waals surface area contributed by atoms with Gasteiger partial charge in [0.15, 0.2) is 0 Å². The normalized spacial score (nSPS) is 38.8. The van der Waals surface area contributed by atoms with Crippen molar-refractivity contribution >= 4 is 0 Å². The first-order chi connectivity index (χ1) is 8.26. The molecule has 4 atom stereocenters. The average molecular weight is 238 g/mol. The van der Waals surface area contributed by atoms with E-state index in [2.05, 4.69) is 18.9 Å². The van der Waals surface area contributed by atoms with E-state index in [1.807, 2.05) is 0 Å². The SMILES string of the molecule is CCC1CCC(N(C)C2CCCCC2CN)C1. The summed E-state index contributed by atoms with van der Waals surface area (Å²) in [6.07, 6.45) is 11.2. The van der Waals surface area contributed by atoms with Gasteiger partial charge in [-0.2, -0.15) is 0 Å². The fourth-order valence-corrected chi connectivity index (χ4v) is 4.06. The standard InChI is InChI=1S/C15H30N2/c1-3-12-8-9-14(10-12)17(2)15-7-5-4-6-13(15)11-16/h12-15H,3-11,16H2,1-2H3. The Hall–Kier alpha value is -0.0800. The van der Waals surface area contributed by atoms with Gasteiger partial charge in [0.2, 0.25) is 0 Å². The molecule has 2 heteroatoms. The van der Waals surface area contributed by atoms with Crippen molar-refractivity contribution < 1.29 is 0 Å². The summed E-state index contributed by atoms with van der Waals surface area (Å²) in [4.78, 5) is 2.70. The van der Waals surface area contributed by atoms with E-state index in [1.165, 1.54) is 51.4 Å². The van der Waals surface area contributed by atoms with Gasteiger partial charge < -0.3 is 10.6 Å². The van der Waals surface area contributed by atoms with Gasteiger partial charge in [0.1, 0.15) is 0 Å².